The summed E-state index contributed by atoms with van der Waals surface area (Å²) in [4.78, 5) is 4.16. The van der Waals surface area contributed by atoms with E-state index in [4.69, 9.17) is 0 Å². The fourth-order valence-electron chi connectivity index (χ4n) is 3.76. The van der Waals surface area contributed by atoms with Gasteiger partial charge in [0.15, 0.2) is 0 Å². The molecule has 2 heterocycles. The number of thiophene rings is 1. The Kier molecular flexibility index (Phi) is 4.25. The minimum absolute atomic E-state index is 0.185. The fraction of sp³-hybridized carbons (Fsp3) is 0.750. The highest BCUT2D eigenvalue weighted by molar-refractivity contribution is 7.10. The highest BCUT2D eigenvalue weighted by atomic mass is 32.1. The van der Waals surface area contributed by atoms with E-state index >= 15 is 0 Å². The molecule has 2 aliphatic rings. The molecule has 0 atom stereocenters. The van der Waals surface area contributed by atoms with Gasteiger partial charge in [0.05, 0.1) is 0 Å². The van der Waals surface area contributed by atoms with Crippen molar-refractivity contribution in [3.8, 4) is 0 Å². The van der Waals surface area contributed by atoms with Crippen molar-refractivity contribution in [1.82, 2.24) is 4.90 Å². The molecule has 1 fully saturated rings. The number of hydrogen-bond donors (Lipinski definition) is 1. The quantitative estimate of drug-likeness (QED) is 0.857. The van der Waals surface area contributed by atoms with Crippen LogP contribution < -0.4 is 0 Å². The maximum absolute atomic E-state index is 9.93. The largest absolute Gasteiger partial charge is 0.396 e. The normalized spacial score (nSPS) is 23.8. The summed E-state index contributed by atoms with van der Waals surface area (Å²) in [5.41, 5.74) is 1.71. The van der Waals surface area contributed by atoms with Gasteiger partial charge in [0.1, 0.15) is 0 Å². The summed E-state index contributed by atoms with van der Waals surface area (Å²) < 4.78 is 0. The molecule has 106 valence electrons. The van der Waals surface area contributed by atoms with Gasteiger partial charge in [0, 0.05) is 36.5 Å². The Morgan fingerprint density at radius 2 is 2.00 bits per heavy atom. The van der Waals surface area contributed by atoms with Crippen LogP contribution in [-0.2, 0) is 13.0 Å². The number of fused-ring (bicyclic) bond motifs is 1. The summed E-state index contributed by atoms with van der Waals surface area (Å²) >= 11 is 1.91. The Morgan fingerprint density at radius 1 is 1.21 bits per heavy atom. The molecule has 1 saturated carbocycles. The lowest BCUT2D eigenvalue weighted by Gasteiger charge is -2.38. The van der Waals surface area contributed by atoms with Gasteiger partial charge in [-0.05, 0) is 36.3 Å². The van der Waals surface area contributed by atoms with Crippen LogP contribution in [0.3, 0.4) is 0 Å². The molecule has 0 bridgehead atoms. The zero-order valence-corrected chi connectivity index (χ0v) is 12.6. The SMILES string of the molecule is OCC1(CN2CCc3sccc3C2)CCCCCC1. The molecular weight excluding hydrogens is 254 g/mol. The third-order valence-electron chi connectivity index (χ3n) is 4.95. The lowest BCUT2D eigenvalue weighted by molar-refractivity contribution is 0.0544. The van der Waals surface area contributed by atoms with Crippen molar-refractivity contribution < 1.29 is 5.11 Å². The summed E-state index contributed by atoms with van der Waals surface area (Å²) in [6.07, 6.45) is 8.96. The number of nitrogens with zero attached hydrogens (tertiary/aromatic N) is 1. The summed E-state index contributed by atoms with van der Waals surface area (Å²) in [6, 6.07) is 2.28. The second kappa shape index (κ2) is 5.94. The Bertz CT molecular complexity index is 407. The molecule has 1 aliphatic carbocycles. The van der Waals surface area contributed by atoms with Crippen molar-refractivity contribution in [3.63, 3.8) is 0 Å². The maximum atomic E-state index is 9.93. The van der Waals surface area contributed by atoms with Gasteiger partial charge >= 0.3 is 0 Å². The molecule has 0 unspecified atom stereocenters. The van der Waals surface area contributed by atoms with E-state index < -0.39 is 0 Å². The van der Waals surface area contributed by atoms with Crippen LogP contribution in [0.15, 0.2) is 11.4 Å². The van der Waals surface area contributed by atoms with Crippen molar-refractivity contribution in [2.45, 2.75) is 51.5 Å². The highest BCUT2D eigenvalue weighted by Gasteiger charge is 2.33. The third-order valence-corrected chi connectivity index (χ3v) is 5.97. The predicted octanol–water partition coefficient (Wildman–Crippen LogP) is 3.44. The van der Waals surface area contributed by atoms with Gasteiger partial charge in [-0.1, -0.05) is 25.7 Å². The van der Waals surface area contributed by atoms with Gasteiger partial charge < -0.3 is 5.11 Å². The van der Waals surface area contributed by atoms with E-state index in [1.807, 2.05) is 11.3 Å². The first-order valence-electron chi connectivity index (χ1n) is 7.70. The molecule has 1 N–H and O–H groups in total. The number of hydrogen-bond acceptors (Lipinski definition) is 3. The number of aliphatic hydroxyl groups is 1. The monoisotopic (exact) mass is 279 g/mol. The lowest BCUT2D eigenvalue weighted by atomic mass is 9.80. The van der Waals surface area contributed by atoms with E-state index in [1.165, 1.54) is 57.1 Å². The van der Waals surface area contributed by atoms with Crippen molar-refractivity contribution in [3.05, 3.63) is 21.9 Å². The zero-order valence-electron chi connectivity index (χ0n) is 11.7. The van der Waals surface area contributed by atoms with E-state index in [9.17, 15) is 5.11 Å². The standard InChI is InChI=1S/C16H25NOS/c18-13-16(7-3-1-2-4-8-16)12-17-9-5-15-14(11-17)6-10-19-15/h6,10,18H,1-5,7-9,11-13H2. The Balaban J connectivity index is 1.66. The summed E-state index contributed by atoms with van der Waals surface area (Å²) in [6.45, 7) is 3.74. The van der Waals surface area contributed by atoms with Crippen LogP contribution in [-0.4, -0.2) is 29.7 Å². The molecule has 1 aromatic rings. The van der Waals surface area contributed by atoms with Crippen molar-refractivity contribution >= 4 is 11.3 Å². The van der Waals surface area contributed by atoms with E-state index in [0.29, 0.717) is 6.61 Å². The van der Waals surface area contributed by atoms with E-state index in [1.54, 1.807) is 4.88 Å². The molecular formula is C16H25NOS. The average Bonchev–Trinajstić information content (AvgIpc) is 2.77. The predicted molar refractivity (Wildman–Crippen MR) is 80.5 cm³/mol. The van der Waals surface area contributed by atoms with Crippen LogP contribution >= 0.6 is 11.3 Å². The fourth-order valence-corrected chi connectivity index (χ4v) is 4.65. The van der Waals surface area contributed by atoms with Crippen LogP contribution in [0, 0.1) is 5.41 Å². The van der Waals surface area contributed by atoms with Gasteiger partial charge in [-0.15, -0.1) is 11.3 Å². The average molecular weight is 279 g/mol. The van der Waals surface area contributed by atoms with E-state index in [-0.39, 0.29) is 5.41 Å². The van der Waals surface area contributed by atoms with Crippen LogP contribution in [0.5, 0.6) is 0 Å². The zero-order chi connectivity index (χ0) is 13.1. The van der Waals surface area contributed by atoms with Crippen LogP contribution in [0.25, 0.3) is 0 Å². The Labute approximate surface area is 120 Å². The Hall–Kier alpha value is -0.380. The maximum Gasteiger partial charge on any atom is 0.0499 e. The number of rotatable bonds is 3. The van der Waals surface area contributed by atoms with Gasteiger partial charge in [-0.25, -0.2) is 0 Å². The summed E-state index contributed by atoms with van der Waals surface area (Å²) in [5, 5.41) is 12.2. The first kappa shape index (κ1) is 13.6. The second-order valence-electron chi connectivity index (χ2n) is 6.40. The third kappa shape index (κ3) is 3.04. The molecule has 0 aromatic carbocycles. The molecule has 0 amide bonds. The van der Waals surface area contributed by atoms with Gasteiger partial charge in [0.25, 0.3) is 0 Å². The number of aliphatic hydroxyl groups excluding tert-OH is 1. The van der Waals surface area contributed by atoms with Crippen LogP contribution in [0.4, 0.5) is 0 Å². The lowest BCUT2D eigenvalue weighted by Crippen LogP contribution is -2.42. The smallest absolute Gasteiger partial charge is 0.0499 e. The second-order valence-corrected chi connectivity index (χ2v) is 7.40. The van der Waals surface area contributed by atoms with E-state index in [0.717, 1.165) is 13.1 Å². The van der Waals surface area contributed by atoms with E-state index in [2.05, 4.69) is 16.3 Å². The molecule has 0 saturated heterocycles. The topological polar surface area (TPSA) is 23.5 Å². The van der Waals surface area contributed by atoms with Crippen LogP contribution in [0.2, 0.25) is 0 Å². The highest BCUT2D eigenvalue weighted by Crippen LogP contribution is 2.36. The minimum atomic E-state index is 0.185. The first-order valence-corrected chi connectivity index (χ1v) is 8.58. The Morgan fingerprint density at radius 3 is 2.74 bits per heavy atom. The molecule has 19 heavy (non-hydrogen) atoms. The van der Waals surface area contributed by atoms with Crippen molar-refractivity contribution in [2.24, 2.45) is 5.41 Å². The first-order chi connectivity index (χ1) is 9.31. The molecule has 0 radical (unpaired) electrons. The van der Waals surface area contributed by atoms with Crippen molar-refractivity contribution in [2.75, 3.05) is 19.7 Å². The molecule has 0 spiro atoms. The van der Waals surface area contributed by atoms with Gasteiger partial charge in [-0.2, -0.15) is 0 Å². The van der Waals surface area contributed by atoms with Crippen molar-refractivity contribution in [1.29, 1.82) is 0 Å². The molecule has 3 rings (SSSR count). The summed E-state index contributed by atoms with van der Waals surface area (Å²) in [5.74, 6) is 0. The van der Waals surface area contributed by atoms with Gasteiger partial charge in [-0.3, -0.25) is 4.90 Å². The summed E-state index contributed by atoms with van der Waals surface area (Å²) in [7, 11) is 0. The molecule has 3 heteroatoms. The molecule has 2 nitrogen and oxygen atoms in total. The molecule has 1 aromatic heterocycles. The minimum Gasteiger partial charge on any atom is -0.396 e. The molecule has 1 aliphatic heterocycles. The van der Waals surface area contributed by atoms with Gasteiger partial charge in [0.2, 0.25) is 0 Å². The van der Waals surface area contributed by atoms with Crippen LogP contribution in [0.1, 0.15) is 49.0 Å².